The zero-order valence-electron chi connectivity index (χ0n) is 15.7. The summed E-state index contributed by atoms with van der Waals surface area (Å²) in [5.41, 5.74) is 4.23. The smallest absolute Gasteiger partial charge is 0.255 e. The first-order valence-corrected chi connectivity index (χ1v) is 8.78. The third kappa shape index (κ3) is 2.63. The van der Waals surface area contributed by atoms with Gasteiger partial charge in [0.2, 0.25) is 0 Å². The fraction of sp³-hybridized carbons (Fsp3) is 0.550. The van der Waals surface area contributed by atoms with E-state index in [9.17, 15) is 4.79 Å². The minimum atomic E-state index is 0.104. The van der Waals surface area contributed by atoms with Crippen molar-refractivity contribution in [2.24, 2.45) is 5.92 Å². The van der Waals surface area contributed by atoms with Crippen LogP contribution < -0.4 is 0 Å². The van der Waals surface area contributed by atoms with Crippen LogP contribution in [0.4, 0.5) is 0 Å². The molecule has 0 aliphatic carbocycles. The van der Waals surface area contributed by atoms with Gasteiger partial charge in [0.25, 0.3) is 5.91 Å². The number of hydrogen-bond acceptors (Lipinski definition) is 2. The van der Waals surface area contributed by atoms with E-state index in [2.05, 4.69) is 50.7 Å². The maximum atomic E-state index is 13.1. The molecule has 130 valence electrons. The van der Waals surface area contributed by atoms with Gasteiger partial charge in [-0.2, -0.15) is 0 Å². The van der Waals surface area contributed by atoms with Crippen LogP contribution in [0.15, 0.2) is 18.2 Å². The van der Waals surface area contributed by atoms with Crippen molar-refractivity contribution in [3.05, 3.63) is 35.0 Å². The molecule has 1 aromatic carbocycles. The SMILES string of the molecule is Cc1[nH]c2c(C(=O)N(C)CC3CCN(C)C3(C)C)cccc2c1C. The number of aromatic amines is 1. The van der Waals surface area contributed by atoms with Crippen LogP contribution >= 0.6 is 0 Å². The molecule has 1 aromatic heterocycles. The highest BCUT2D eigenvalue weighted by Crippen LogP contribution is 2.34. The number of fused-ring (bicyclic) bond motifs is 1. The third-order valence-corrected chi connectivity index (χ3v) is 6.21. The highest BCUT2D eigenvalue weighted by molar-refractivity contribution is 6.06. The largest absolute Gasteiger partial charge is 0.358 e. The normalized spacial score (nSPS) is 20.7. The maximum Gasteiger partial charge on any atom is 0.255 e. The van der Waals surface area contributed by atoms with Crippen molar-refractivity contribution < 1.29 is 4.79 Å². The van der Waals surface area contributed by atoms with Crippen molar-refractivity contribution in [3.63, 3.8) is 0 Å². The van der Waals surface area contributed by atoms with Crippen LogP contribution in [0, 0.1) is 19.8 Å². The van der Waals surface area contributed by atoms with Crippen molar-refractivity contribution in [1.29, 1.82) is 0 Å². The number of hydrogen-bond donors (Lipinski definition) is 1. The van der Waals surface area contributed by atoms with Crippen LogP contribution in [0.1, 0.15) is 41.9 Å². The molecule has 4 heteroatoms. The Morgan fingerprint density at radius 3 is 2.71 bits per heavy atom. The summed E-state index contributed by atoms with van der Waals surface area (Å²) in [6, 6.07) is 6.00. The van der Waals surface area contributed by atoms with Gasteiger partial charge in [0.1, 0.15) is 0 Å². The molecule has 3 rings (SSSR count). The second kappa shape index (κ2) is 5.92. The summed E-state index contributed by atoms with van der Waals surface area (Å²) in [5.74, 6) is 0.606. The highest BCUT2D eigenvalue weighted by atomic mass is 16.2. The number of aromatic nitrogens is 1. The monoisotopic (exact) mass is 327 g/mol. The van der Waals surface area contributed by atoms with E-state index >= 15 is 0 Å². The molecule has 0 saturated carbocycles. The van der Waals surface area contributed by atoms with E-state index in [1.807, 2.05) is 24.1 Å². The molecule has 0 radical (unpaired) electrons. The molecule has 1 aliphatic heterocycles. The molecule has 4 nitrogen and oxygen atoms in total. The standard InChI is InChI=1S/C20H29N3O/c1-13-14(2)21-18-16(13)8-7-9-17(18)19(24)22(5)12-15-10-11-23(6)20(15,3)4/h7-9,15,21H,10-12H2,1-6H3. The Kier molecular flexibility index (Phi) is 4.20. The van der Waals surface area contributed by atoms with Gasteiger partial charge in [-0.25, -0.2) is 0 Å². The number of likely N-dealkylation sites (tertiary alicyclic amines) is 1. The average Bonchev–Trinajstić information content (AvgIpc) is 2.97. The molecule has 24 heavy (non-hydrogen) atoms. The number of H-pyrrole nitrogens is 1. The second-order valence-corrected chi connectivity index (χ2v) is 7.85. The molecule has 1 saturated heterocycles. The lowest BCUT2D eigenvalue weighted by atomic mass is 9.88. The summed E-state index contributed by atoms with van der Waals surface area (Å²) in [5, 5.41) is 1.15. The minimum Gasteiger partial charge on any atom is -0.358 e. The molecule has 1 amide bonds. The molecule has 0 bridgehead atoms. The van der Waals surface area contributed by atoms with Crippen molar-refractivity contribution in [2.75, 3.05) is 27.2 Å². The van der Waals surface area contributed by atoms with Gasteiger partial charge in [0.05, 0.1) is 11.1 Å². The molecular formula is C20H29N3O. The number of rotatable bonds is 3. The van der Waals surface area contributed by atoms with Gasteiger partial charge < -0.3 is 14.8 Å². The van der Waals surface area contributed by atoms with E-state index in [0.717, 1.165) is 41.7 Å². The maximum absolute atomic E-state index is 13.1. The van der Waals surface area contributed by atoms with Gasteiger partial charge in [-0.3, -0.25) is 4.79 Å². The first-order valence-electron chi connectivity index (χ1n) is 8.78. The van der Waals surface area contributed by atoms with E-state index in [-0.39, 0.29) is 11.4 Å². The zero-order chi connectivity index (χ0) is 17.6. The Labute approximate surface area is 144 Å². The van der Waals surface area contributed by atoms with Crippen LogP contribution in [0.3, 0.4) is 0 Å². The number of carbonyl (C=O) groups excluding carboxylic acids is 1. The van der Waals surface area contributed by atoms with Crippen LogP contribution in [0.2, 0.25) is 0 Å². The predicted octanol–water partition coefficient (Wildman–Crippen LogP) is 3.59. The van der Waals surface area contributed by atoms with E-state index in [4.69, 9.17) is 0 Å². The van der Waals surface area contributed by atoms with E-state index in [1.54, 1.807) is 0 Å². The number of nitrogens with zero attached hydrogens (tertiary/aromatic N) is 2. The summed E-state index contributed by atoms with van der Waals surface area (Å²) in [4.78, 5) is 20.7. The summed E-state index contributed by atoms with van der Waals surface area (Å²) >= 11 is 0. The first-order chi connectivity index (χ1) is 11.2. The molecule has 1 aliphatic rings. The highest BCUT2D eigenvalue weighted by Gasteiger charge is 2.39. The fourth-order valence-corrected chi connectivity index (χ4v) is 3.90. The summed E-state index contributed by atoms with van der Waals surface area (Å²) < 4.78 is 0. The van der Waals surface area contributed by atoms with Gasteiger partial charge in [0, 0.05) is 30.2 Å². The van der Waals surface area contributed by atoms with Gasteiger partial charge in [-0.1, -0.05) is 12.1 Å². The first kappa shape index (κ1) is 17.0. The zero-order valence-corrected chi connectivity index (χ0v) is 15.7. The molecule has 1 fully saturated rings. The number of benzene rings is 1. The second-order valence-electron chi connectivity index (χ2n) is 7.85. The Morgan fingerprint density at radius 2 is 2.08 bits per heavy atom. The lowest BCUT2D eigenvalue weighted by Gasteiger charge is -2.35. The molecule has 2 heterocycles. The predicted molar refractivity (Wildman–Crippen MR) is 99.5 cm³/mol. The van der Waals surface area contributed by atoms with Crippen molar-refractivity contribution in [1.82, 2.24) is 14.8 Å². The van der Waals surface area contributed by atoms with Crippen LogP contribution in [-0.2, 0) is 0 Å². The minimum absolute atomic E-state index is 0.104. The van der Waals surface area contributed by atoms with Crippen LogP contribution in [0.25, 0.3) is 10.9 Å². The summed E-state index contributed by atoms with van der Waals surface area (Å²) in [6.45, 7) is 10.6. The Morgan fingerprint density at radius 1 is 1.38 bits per heavy atom. The number of amides is 1. The van der Waals surface area contributed by atoms with E-state index in [1.165, 1.54) is 5.56 Å². The topological polar surface area (TPSA) is 39.3 Å². The van der Waals surface area contributed by atoms with Gasteiger partial charge in [0.15, 0.2) is 0 Å². The molecule has 0 spiro atoms. The number of nitrogens with one attached hydrogen (secondary N) is 1. The quantitative estimate of drug-likeness (QED) is 0.936. The number of carbonyl (C=O) groups is 1. The van der Waals surface area contributed by atoms with E-state index < -0.39 is 0 Å². The third-order valence-electron chi connectivity index (χ3n) is 6.21. The summed E-state index contributed by atoms with van der Waals surface area (Å²) in [6.07, 6.45) is 1.14. The number of aryl methyl sites for hydroxylation is 2. The molecule has 1 unspecified atom stereocenters. The van der Waals surface area contributed by atoms with E-state index in [0.29, 0.717) is 5.92 Å². The van der Waals surface area contributed by atoms with Gasteiger partial charge in [-0.15, -0.1) is 0 Å². The molecule has 2 aromatic rings. The van der Waals surface area contributed by atoms with Crippen molar-refractivity contribution >= 4 is 16.8 Å². The van der Waals surface area contributed by atoms with Crippen molar-refractivity contribution in [2.45, 2.75) is 39.7 Å². The van der Waals surface area contributed by atoms with Gasteiger partial charge in [-0.05, 0) is 65.3 Å². The molecule has 1 atom stereocenters. The van der Waals surface area contributed by atoms with Gasteiger partial charge >= 0.3 is 0 Å². The fourth-order valence-electron chi connectivity index (χ4n) is 3.90. The molecular weight excluding hydrogens is 298 g/mol. The van der Waals surface area contributed by atoms with Crippen LogP contribution in [-0.4, -0.2) is 53.4 Å². The van der Waals surface area contributed by atoms with Crippen LogP contribution in [0.5, 0.6) is 0 Å². The Bertz CT molecular complexity index is 775. The summed E-state index contributed by atoms with van der Waals surface area (Å²) in [7, 11) is 4.10. The molecule has 1 N–H and O–H groups in total. The number of para-hydroxylation sites is 1. The lowest BCUT2D eigenvalue weighted by Crippen LogP contribution is -2.44. The van der Waals surface area contributed by atoms with Crippen molar-refractivity contribution in [3.8, 4) is 0 Å². The average molecular weight is 327 g/mol. The Hall–Kier alpha value is -1.81. The Balaban J connectivity index is 1.86. The lowest BCUT2D eigenvalue weighted by molar-refractivity contribution is 0.0730.